The molecule has 0 bridgehead atoms. The fourth-order valence-electron chi connectivity index (χ4n) is 3.46. The Morgan fingerprint density at radius 1 is 0.972 bits per heavy atom. The Balaban J connectivity index is 0.000000458. The van der Waals surface area contributed by atoms with Gasteiger partial charge in [0.2, 0.25) is 0 Å². The Kier molecular flexibility index (Phi) is 11.5. The Hall–Kier alpha value is -2.96. The second-order valence-corrected chi connectivity index (χ2v) is 9.45. The molecule has 36 heavy (non-hydrogen) atoms. The number of ether oxygens (including phenoxy) is 2. The smallest absolute Gasteiger partial charge is 0.343 e. The standard InChI is InChI=1S/C20H18O4.C8H18O2.C2H6/c1-12-8-9-15-17(10-12)24-20(23)18(19(15)22)16(11-13(2)21)14-6-4-3-5-7-14;1-7(2,9-5)8(3,4)10-6;1-2/h3-10,16,22H,11H2,1-2H3;1-6H3;1-2H3. The number of Topliss-reactive ketones (excluding diaryl/α,β-unsaturated/α-hetero) is 1. The van der Waals surface area contributed by atoms with Crippen molar-refractivity contribution in [2.24, 2.45) is 0 Å². The van der Waals surface area contributed by atoms with Gasteiger partial charge in [-0.25, -0.2) is 4.79 Å². The quantitative estimate of drug-likeness (QED) is 0.361. The van der Waals surface area contributed by atoms with Crippen LogP contribution in [0.15, 0.2) is 57.7 Å². The monoisotopic (exact) mass is 498 g/mol. The Labute approximate surface area is 215 Å². The minimum Gasteiger partial charge on any atom is -0.507 e. The van der Waals surface area contributed by atoms with Crippen LogP contribution in [0.25, 0.3) is 11.0 Å². The summed E-state index contributed by atoms with van der Waals surface area (Å²) in [7, 11) is 3.39. The van der Waals surface area contributed by atoms with Gasteiger partial charge in [0.15, 0.2) is 0 Å². The van der Waals surface area contributed by atoms with E-state index in [1.165, 1.54) is 6.92 Å². The van der Waals surface area contributed by atoms with Gasteiger partial charge in [-0.2, -0.15) is 0 Å². The van der Waals surface area contributed by atoms with Gasteiger partial charge in [-0.05, 0) is 64.8 Å². The molecule has 6 heteroatoms. The largest absolute Gasteiger partial charge is 0.507 e. The molecule has 3 rings (SSSR count). The number of hydrogen-bond donors (Lipinski definition) is 1. The van der Waals surface area contributed by atoms with Crippen LogP contribution in [0, 0.1) is 6.92 Å². The summed E-state index contributed by atoms with van der Waals surface area (Å²) in [5, 5.41) is 11.2. The molecule has 0 amide bonds. The lowest BCUT2D eigenvalue weighted by Gasteiger charge is -2.38. The number of aromatic hydroxyl groups is 1. The summed E-state index contributed by atoms with van der Waals surface area (Å²) in [4.78, 5) is 24.2. The highest BCUT2D eigenvalue weighted by atomic mass is 16.5. The van der Waals surface area contributed by atoms with Gasteiger partial charge in [0.25, 0.3) is 0 Å². The summed E-state index contributed by atoms with van der Waals surface area (Å²) in [5.41, 5.74) is 1.12. The van der Waals surface area contributed by atoms with E-state index < -0.39 is 11.5 Å². The highest BCUT2D eigenvalue weighted by Crippen LogP contribution is 2.36. The second-order valence-electron chi connectivity index (χ2n) is 9.45. The van der Waals surface area contributed by atoms with Crippen LogP contribution in [0.5, 0.6) is 5.75 Å². The molecule has 0 saturated carbocycles. The van der Waals surface area contributed by atoms with Crippen molar-refractivity contribution in [1.82, 2.24) is 0 Å². The van der Waals surface area contributed by atoms with E-state index in [1.807, 2.05) is 84.9 Å². The Bertz CT molecular complexity index is 1160. The maximum Gasteiger partial charge on any atom is 0.343 e. The van der Waals surface area contributed by atoms with Crippen molar-refractivity contribution in [3.63, 3.8) is 0 Å². The molecule has 1 aromatic heterocycles. The predicted molar refractivity (Wildman–Crippen MR) is 146 cm³/mol. The van der Waals surface area contributed by atoms with Crippen LogP contribution in [0.2, 0.25) is 0 Å². The third-order valence-corrected chi connectivity index (χ3v) is 6.58. The van der Waals surface area contributed by atoms with Crippen molar-refractivity contribution in [2.45, 2.75) is 78.9 Å². The third kappa shape index (κ3) is 7.52. The zero-order valence-corrected chi connectivity index (χ0v) is 23.4. The lowest BCUT2D eigenvalue weighted by atomic mass is 9.87. The van der Waals surface area contributed by atoms with Gasteiger partial charge in [0.1, 0.15) is 17.1 Å². The first-order valence-electron chi connectivity index (χ1n) is 12.3. The lowest BCUT2D eigenvalue weighted by Crippen LogP contribution is -2.48. The summed E-state index contributed by atoms with van der Waals surface area (Å²) in [6.07, 6.45) is 0.125. The molecule has 0 radical (unpaired) electrons. The van der Waals surface area contributed by atoms with Gasteiger partial charge < -0.3 is 19.0 Å². The van der Waals surface area contributed by atoms with Crippen LogP contribution in [0.3, 0.4) is 0 Å². The molecule has 6 nitrogen and oxygen atoms in total. The number of benzene rings is 2. The fourth-order valence-corrected chi connectivity index (χ4v) is 3.46. The third-order valence-electron chi connectivity index (χ3n) is 6.58. The summed E-state index contributed by atoms with van der Waals surface area (Å²) < 4.78 is 15.9. The molecule has 0 saturated heterocycles. The van der Waals surface area contributed by atoms with E-state index in [2.05, 4.69) is 0 Å². The van der Waals surface area contributed by atoms with Crippen LogP contribution < -0.4 is 5.63 Å². The molecule has 2 aromatic carbocycles. The number of methoxy groups -OCH3 is 2. The van der Waals surface area contributed by atoms with Crippen molar-refractivity contribution in [1.29, 1.82) is 0 Å². The average Bonchev–Trinajstić information content (AvgIpc) is 2.85. The highest BCUT2D eigenvalue weighted by molar-refractivity contribution is 5.85. The van der Waals surface area contributed by atoms with Crippen LogP contribution in [-0.2, 0) is 14.3 Å². The van der Waals surface area contributed by atoms with Gasteiger partial charge in [-0.1, -0.05) is 50.2 Å². The molecule has 1 atom stereocenters. The first-order chi connectivity index (χ1) is 16.8. The topological polar surface area (TPSA) is 86.0 Å². The number of rotatable bonds is 7. The van der Waals surface area contributed by atoms with Gasteiger partial charge in [-0.15, -0.1) is 0 Å². The van der Waals surface area contributed by atoms with E-state index in [9.17, 15) is 14.7 Å². The van der Waals surface area contributed by atoms with E-state index in [0.29, 0.717) is 11.0 Å². The molecule has 0 aliphatic heterocycles. The maximum atomic E-state index is 12.5. The minimum atomic E-state index is -0.610. The fraction of sp³-hybridized carbons (Fsp3) is 0.467. The Morgan fingerprint density at radius 2 is 1.50 bits per heavy atom. The molecule has 0 aliphatic carbocycles. The normalized spacial score (nSPS) is 12.2. The van der Waals surface area contributed by atoms with Crippen molar-refractivity contribution in [3.8, 4) is 5.75 Å². The summed E-state index contributed by atoms with van der Waals surface area (Å²) in [6, 6.07) is 14.5. The molecule has 3 aromatic rings. The van der Waals surface area contributed by atoms with E-state index >= 15 is 0 Å². The van der Waals surface area contributed by atoms with Crippen molar-refractivity contribution < 1.29 is 23.8 Å². The number of aryl methyl sites for hydroxylation is 1. The van der Waals surface area contributed by atoms with E-state index in [-0.39, 0.29) is 34.7 Å². The van der Waals surface area contributed by atoms with Crippen LogP contribution in [0.4, 0.5) is 0 Å². The molecule has 1 heterocycles. The van der Waals surface area contributed by atoms with Crippen molar-refractivity contribution in [3.05, 3.63) is 75.6 Å². The first kappa shape index (κ1) is 31.1. The number of hydrogen-bond acceptors (Lipinski definition) is 6. The number of carbonyl (C=O) groups excluding carboxylic acids is 1. The van der Waals surface area contributed by atoms with Crippen molar-refractivity contribution >= 4 is 16.8 Å². The Morgan fingerprint density at radius 3 is 1.97 bits per heavy atom. The summed E-state index contributed by atoms with van der Waals surface area (Å²) in [6.45, 7) is 15.4. The average molecular weight is 499 g/mol. The highest BCUT2D eigenvalue weighted by Gasteiger charge is 2.37. The number of carbonyl (C=O) groups is 1. The second kappa shape index (κ2) is 13.4. The number of fused-ring (bicyclic) bond motifs is 1. The molecular weight excluding hydrogens is 456 g/mol. The molecule has 0 fully saturated rings. The van der Waals surface area contributed by atoms with E-state index in [4.69, 9.17) is 13.9 Å². The molecule has 1 N–H and O–H groups in total. The molecule has 1 unspecified atom stereocenters. The van der Waals surface area contributed by atoms with Gasteiger partial charge >= 0.3 is 5.63 Å². The van der Waals surface area contributed by atoms with Crippen LogP contribution in [0.1, 0.15) is 77.5 Å². The van der Waals surface area contributed by atoms with Crippen LogP contribution in [-0.4, -0.2) is 36.3 Å². The van der Waals surface area contributed by atoms with E-state index in [0.717, 1.165) is 11.1 Å². The zero-order valence-electron chi connectivity index (χ0n) is 23.4. The van der Waals surface area contributed by atoms with Gasteiger partial charge in [0, 0.05) is 26.6 Å². The zero-order chi connectivity index (χ0) is 27.7. The maximum absolute atomic E-state index is 12.5. The van der Waals surface area contributed by atoms with Crippen molar-refractivity contribution in [2.75, 3.05) is 14.2 Å². The SMILES string of the molecule is CC.CC(=O)CC(c1ccccc1)c1c(O)c2ccc(C)cc2oc1=O.COC(C)(C)C(C)(C)OC. The molecule has 198 valence electrons. The lowest BCUT2D eigenvalue weighted by molar-refractivity contribution is -0.147. The predicted octanol–water partition coefficient (Wildman–Crippen LogP) is 6.78. The molecular formula is C30H42O6. The van der Waals surface area contributed by atoms with Gasteiger partial charge in [-0.3, -0.25) is 4.79 Å². The summed E-state index contributed by atoms with van der Waals surface area (Å²) >= 11 is 0. The molecule has 0 spiro atoms. The van der Waals surface area contributed by atoms with Crippen LogP contribution >= 0.6 is 0 Å². The van der Waals surface area contributed by atoms with E-state index in [1.54, 1.807) is 26.4 Å². The summed E-state index contributed by atoms with van der Waals surface area (Å²) in [5.74, 6) is -0.714. The number of ketones is 1. The minimum absolute atomic E-state index is 0.0633. The van der Waals surface area contributed by atoms with Gasteiger partial charge in [0.05, 0.1) is 22.2 Å². The first-order valence-corrected chi connectivity index (χ1v) is 12.3. The molecule has 0 aliphatic rings.